The quantitative estimate of drug-likeness (QED) is 0.824. The molecular formula is C16H23NO2. The topological polar surface area (TPSA) is 38.3 Å². The van der Waals surface area contributed by atoms with Crippen molar-refractivity contribution in [2.45, 2.75) is 45.6 Å². The SMILES string of the molecule is CCOC(=O)C(Nc1ccc(C)cc1)C1CCCC1. The van der Waals surface area contributed by atoms with Crippen LogP contribution in [-0.4, -0.2) is 18.6 Å². The number of carbonyl (C=O) groups excluding carboxylic acids is 1. The zero-order valence-corrected chi connectivity index (χ0v) is 11.8. The summed E-state index contributed by atoms with van der Waals surface area (Å²) in [4.78, 5) is 12.1. The van der Waals surface area contributed by atoms with Crippen molar-refractivity contribution in [1.29, 1.82) is 0 Å². The molecule has 0 bridgehead atoms. The van der Waals surface area contributed by atoms with Crippen LogP contribution in [-0.2, 0) is 9.53 Å². The Hall–Kier alpha value is -1.51. The highest BCUT2D eigenvalue weighted by atomic mass is 16.5. The van der Waals surface area contributed by atoms with Gasteiger partial charge in [-0.25, -0.2) is 4.79 Å². The first-order chi connectivity index (χ1) is 9.20. The Morgan fingerprint density at radius 3 is 2.53 bits per heavy atom. The minimum absolute atomic E-state index is 0.116. The predicted octanol–water partition coefficient (Wildman–Crippen LogP) is 3.53. The third kappa shape index (κ3) is 3.72. The molecule has 104 valence electrons. The Morgan fingerprint density at radius 2 is 1.95 bits per heavy atom. The Bertz CT molecular complexity index is 407. The molecule has 1 fully saturated rings. The number of ether oxygens (including phenoxy) is 1. The molecular weight excluding hydrogens is 238 g/mol. The molecule has 2 rings (SSSR count). The monoisotopic (exact) mass is 261 g/mol. The molecule has 1 aliphatic rings. The number of esters is 1. The lowest BCUT2D eigenvalue weighted by Crippen LogP contribution is -2.37. The van der Waals surface area contributed by atoms with Gasteiger partial charge in [0.25, 0.3) is 0 Å². The standard InChI is InChI=1S/C16H23NO2/c1-3-19-16(18)15(13-6-4-5-7-13)17-14-10-8-12(2)9-11-14/h8-11,13,15,17H,3-7H2,1-2H3. The summed E-state index contributed by atoms with van der Waals surface area (Å²) in [6.45, 7) is 4.36. The maximum atomic E-state index is 12.1. The first-order valence-corrected chi connectivity index (χ1v) is 7.20. The smallest absolute Gasteiger partial charge is 0.328 e. The lowest BCUT2D eigenvalue weighted by molar-refractivity contribution is -0.145. The number of aryl methyl sites for hydroxylation is 1. The van der Waals surface area contributed by atoms with E-state index in [0.717, 1.165) is 18.5 Å². The van der Waals surface area contributed by atoms with Crippen molar-refractivity contribution in [1.82, 2.24) is 0 Å². The van der Waals surface area contributed by atoms with Gasteiger partial charge in [-0.2, -0.15) is 0 Å². The van der Waals surface area contributed by atoms with Gasteiger partial charge in [0, 0.05) is 5.69 Å². The molecule has 0 amide bonds. The Balaban J connectivity index is 2.08. The molecule has 1 saturated carbocycles. The third-order valence-corrected chi connectivity index (χ3v) is 3.79. The Morgan fingerprint density at radius 1 is 1.32 bits per heavy atom. The number of anilines is 1. The molecule has 0 saturated heterocycles. The fraction of sp³-hybridized carbons (Fsp3) is 0.562. The number of nitrogens with one attached hydrogen (secondary N) is 1. The summed E-state index contributed by atoms with van der Waals surface area (Å²) in [5.74, 6) is 0.287. The molecule has 0 heterocycles. The van der Waals surface area contributed by atoms with E-state index in [2.05, 4.69) is 24.4 Å². The van der Waals surface area contributed by atoms with Crippen molar-refractivity contribution in [3.8, 4) is 0 Å². The number of rotatable bonds is 5. The largest absolute Gasteiger partial charge is 0.464 e. The van der Waals surface area contributed by atoms with E-state index >= 15 is 0 Å². The molecule has 1 unspecified atom stereocenters. The first kappa shape index (κ1) is 13.9. The fourth-order valence-electron chi connectivity index (χ4n) is 2.72. The Labute approximate surface area is 115 Å². The summed E-state index contributed by atoms with van der Waals surface area (Å²) in [6, 6.07) is 7.95. The number of carbonyl (C=O) groups is 1. The summed E-state index contributed by atoms with van der Waals surface area (Å²) in [5.41, 5.74) is 2.22. The van der Waals surface area contributed by atoms with E-state index in [1.807, 2.05) is 19.1 Å². The van der Waals surface area contributed by atoms with E-state index in [1.54, 1.807) is 0 Å². The van der Waals surface area contributed by atoms with Crippen molar-refractivity contribution >= 4 is 11.7 Å². The highest BCUT2D eigenvalue weighted by Gasteiger charge is 2.31. The molecule has 3 heteroatoms. The van der Waals surface area contributed by atoms with Gasteiger partial charge in [-0.1, -0.05) is 30.5 Å². The van der Waals surface area contributed by atoms with Crippen molar-refractivity contribution in [3.05, 3.63) is 29.8 Å². The van der Waals surface area contributed by atoms with Gasteiger partial charge < -0.3 is 10.1 Å². The summed E-state index contributed by atoms with van der Waals surface area (Å²) in [6.07, 6.45) is 4.66. The zero-order chi connectivity index (χ0) is 13.7. The van der Waals surface area contributed by atoms with Crippen LogP contribution in [0.4, 0.5) is 5.69 Å². The van der Waals surface area contributed by atoms with Gasteiger partial charge in [0.2, 0.25) is 0 Å². The van der Waals surface area contributed by atoms with Crippen molar-refractivity contribution in [2.24, 2.45) is 5.92 Å². The van der Waals surface area contributed by atoms with Gasteiger partial charge in [-0.15, -0.1) is 0 Å². The number of hydrogen-bond acceptors (Lipinski definition) is 3. The van der Waals surface area contributed by atoms with Crippen LogP contribution in [0.3, 0.4) is 0 Å². The van der Waals surface area contributed by atoms with E-state index < -0.39 is 0 Å². The van der Waals surface area contributed by atoms with Crippen LogP contribution in [0.15, 0.2) is 24.3 Å². The van der Waals surface area contributed by atoms with Crippen LogP contribution in [0.5, 0.6) is 0 Å². The molecule has 0 spiro atoms. The molecule has 3 nitrogen and oxygen atoms in total. The van der Waals surface area contributed by atoms with Crippen LogP contribution in [0.25, 0.3) is 0 Å². The van der Waals surface area contributed by atoms with Crippen LogP contribution < -0.4 is 5.32 Å². The summed E-state index contributed by atoms with van der Waals surface area (Å²) >= 11 is 0. The maximum Gasteiger partial charge on any atom is 0.328 e. The van der Waals surface area contributed by atoms with Gasteiger partial charge in [-0.3, -0.25) is 0 Å². The minimum atomic E-state index is -0.204. The predicted molar refractivity (Wildman–Crippen MR) is 77.2 cm³/mol. The number of benzene rings is 1. The molecule has 1 aromatic carbocycles. The van der Waals surface area contributed by atoms with Crippen molar-refractivity contribution in [2.75, 3.05) is 11.9 Å². The average molecular weight is 261 g/mol. The molecule has 1 atom stereocenters. The summed E-state index contributed by atoms with van der Waals surface area (Å²) in [5, 5.41) is 3.36. The Kier molecular flexibility index (Phi) is 4.83. The average Bonchev–Trinajstić information content (AvgIpc) is 2.92. The van der Waals surface area contributed by atoms with Gasteiger partial charge in [0.15, 0.2) is 0 Å². The minimum Gasteiger partial charge on any atom is -0.464 e. The molecule has 0 radical (unpaired) electrons. The van der Waals surface area contributed by atoms with Gasteiger partial charge in [0.1, 0.15) is 6.04 Å². The second-order valence-corrected chi connectivity index (χ2v) is 5.28. The van der Waals surface area contributed by atoms with Crippen molar-refractivity contribution < 1.29 is 9.53 Å². The van der Waals surface area contributed by atoms with E-state index in [9.17, 15) is 4.79 Å². The molecule has 0 aliphatic heterocycles. The molecule has 1 aliphatic carbocycles. The van der Waals surface area contributed by atoms with Crippen LogP contribution in [0, 0.1) is 12.8 Å². The molecule has 19 heavy (non-hydrogen) atoms. The second kappa shape index (κ2) is 6.60. The van der Waals surface area contributed by atoms with E-state index in [-0.39, 0.29) is 12.0 Å². The molecule has 0 aromatic heterocycles. The van der Waals surface area contributed by atoms with E-state index in [4.69, 9.17) is 4.74 Å². The fourth-order valence-corrected chi connectivity index (χ4v) is 2.72. The summed E-state index contributed by atoms with van der Waals surface area (Å²) < 4.78 is 5.21. The second-order valence-electron chi connectivity index (χ2n) is 5.28. The van der Waals surface area contributed by atoms with Gasteiger partial charge in [0.05, 0.1) is 6.61 Å². The summed E-state index contributed by atoms with van der Waals surface area (Å²) in [7, 11) is 0. The van der Waals surface area contributed by atoms with E-state index in [0.29, 0.717) is 12.5 Å². The highest BCUT2D eigenvalue weighted by Crippen LogP contribution is 2.30. The molecule has 1 N–H and O–H groups in total. The normalized spacial score (nSPS) is 17.2. The maximum absolute atomic E-state index is 12.1. The van der Waals surface area contributed by atoms with Crippen LogP contribution >= 0.6 is 0 Å². The van der Waals surface area contributed by atoms with Crippen LogP contribution in [0.2, 0.25) is 0 Å². The lowest BCUT2D eigenvalue weighted by atomic mass is 9.97. The lowest BCUT2D eigenvalue weighted by Gasteiger charge is -2.23. The third-order valence-electron chi connectivity index (χ3n) is 3.79. The highest BCUT2D eigenvalue weighted by molar-refractivity contribution is 5.79. The van der Waals surface area contributed by atoms with Crippen LogP contribution in [0.1, 0.15) is 38.2 Å². The van der Waals surface area contributed by atoms with Gasteiger partial charge >= 0.3 is 5.97 Å². The first-order valence-electron chi connectivity index (χ1n) is 7.20. The molecule has 1 aromatic rings. The van der Waals surface area contributed by atoms with Gasteiger partial charge in [-0.05, 0) is 44.7 Å². The van der Waals surface area contributed by atoms with Crippen molar-refractivity contribution in [3.63, 3.8) is 0 Å². The number of hydrogen-bond donors (Lipinski definition) is 1. The zero-order valence-electron chi connectivity index (χ0n) is 11.8. The van der Waals surface area contributed by atoms with E-state index in [1.165, 1.54) is 18.4 Å².